The number of fused-ring (bicyclic) bond motifs is 2. The summed E-state index contributed by atoms with van der Waals surface area (Å²) >= 11 is 0.701. The van der Waals surface area contributed by atoms with Gasteiger partial charge in [-0.2, -0.15) is 13.2 Å². The van der Waals surface area contributed by atoms with Crippen LogP contribution in [-0.2, 0) is 29.0 Å². The van der Waals surface area contributed by atoms with Gasteiger partial charge in [-0.25, -0.2) is 18.4 Å². The second-order valence-corrected chi connectivity index (χ2v) is 13.0. The van der Waals surface area contributed by atoms with Gasteiger partial charge in [-0.1, -0.05) is 6.07 Å². The van der Waals surface area contributed by atoms with E-state index in [4.69, 9.17) is 0 Å². The topological polar surface area (TPSA) is 104 Å². The van der Waals surface area contributed by atoms with E-state index in [1.165, 1.54) is 17.5 Å². The number of sulfone groups is 1. The van der Waals surface area contributed by atoms with Crippen molar-refractivity contribution in [1.29, 1.82) is 0 Å². The quantitative estimate of drug-likeness (QED) is 0.487. The van der Waals surface area contributed by atoms with E-state index in [2.05, 4.69) is 26.7 Å². The van der Waals surface area contributed by atoms with E-state index in [9.17, 15) is 26.4 Å². The highest BCUT2D eigenvalue weighted by Crippen LogP contribution is 2.46. The minimum Gasteiger partial charge on any atom is -0.340 e. The molecule has 200 valence electrons. The number of anilines is 2. The Bertz CT molecular complexity index is 1560. The van der Waals surface area contributed by atoms with Crippen LogP contribution in [0, 0.1) is 0 Å². The van der Waals surface area contributed by atoms with E-state index in [0.29, 0.717) is 30.0 Å². The van der Waals surface area contributed by atoms with Gasteiger partial charge in [0.15, 0.2) is 9.84 Å². The fourth-order valence-corrected chi connectivity index (χ4v) is 7.90. The number of hydrogen-bond acceptors (Lipinski definition) is 8. The first kappa shape index (κ1) is 25.3. The average Bonchev–Trinajstić information content (AvgIpc) is 3.63. The molecule has 1 saturated carbocycles. The lowest BCUT2D eigenvalue weighted by molar-refractivity contribution is -0.137. The molecule has 0 unspecified atom stereocenters. The fraction of sp³-hybridized carbons (Fsp3) is 0.400. The van der Waals surface area contributed by atoms with Gasteiger partial charge >= 0.3 is 6.18 Å². The molecule has 1 aromatic carbocycles. The highest BCUT2D eigenvalue weighted by atomic mass is 32.2. The van der Waals surface area contributed by atoms with Crippen LogP contribution in [0.2, 0.25) is 0 Å². The van der Waals surface area contributed by atoms with E-state index in [0.717, 1.165) is 48.7 Å². The van der Waals surface area contributed by atoms with Gasteiger partial charge in [-0.05, 0) is 60.5 Å². The number of alkyl halides is 3. The Kier molecular flexibility index (Phi) is 6.00. The molecule has 3 aromatic rings. The number of carbonyl (C=O) groups is 1. The molecule has 0 atom stereocenters. The monoisotopic (exact) mass is 563 g/mol. The largest absolute Gasteiger partial charge is 0.420 e. The van der Waals surface area contributed by atoms with Gasteiger partial charge in [0, 0.05) is 32.0 Å². The molecule has 0 radical (unpaired) electrons. The minimum absolute atomic E-state index is 0.00685. The number of carbonyl (C=O) groups excluding carboxylic acids is 1. The van der Waals surface area contributed by atoms with E-state index < -0.39 is 33.2 Å². The van der Waals surface area contributed by atoms with Crippen LogP contribution in [0.4, 0.5) is 24.8 Å². The lowest BCUT2D eigenvalue weighted by Gasteiger charge is -2.21. The van der Waals surface area contributed by atoms with Crippen molar-refractivity contribution in [2.45, 2.75) is 42.8 Å². The van der Waals surface area contributed by atoms with Crippen molar-refractivity contribution >= 4 is 38.7 Å². The van der Waals surface area contributed by atoms with E-state index in [1.54, 1.807) is 0 Å². The Balaban J connectivity index is 1.45. The van der Waals surface area contributed by atoms with E-state index in [-0.39, 0.29) is 32.9 Å². The van der Waals surface area contributed by atoms with Gasteiger partial charge in [0.25, 0.3) is 5.91 Å². The predicted molar refractivity (Wildman–Crippen MR) is 136 cm³/mol. The molecule has 2 N–H and O–H groups in total. The lowest BCUT2D eigenvalue weighted by Crippen LogP contribution is -2.27. The Labute approximate surface area is 221 Å². The first-order chi connectivity index (χ1) is 18.0. The molecule has 0 saturated heterocycles. The Morgan fingerprint density at radius 1 is 1.18 bits per heavy atom. The van der Waals surface area contributed by atoms with Crippen molar-refractivity contribution in [2.24, 2.45) is 0 Å². The highest BCUT2D eigenvalue weighted by molar-refractivity contribution is 7.91. The smallest absolute Gasteiger partial charge is 0.340 e. The third-order valence-corrected chi connectivity index (χ3v) is 10.1. The number of hydrogen-bond donors (Lipinski definition) is 2. The summed E-state index contributed by atoms with van der Waals surface area (Å²) in [7, 11) is -2.39. The third-order valence-electron chi connectivity index (χ3n) is 7.12. The van der Waals surface area contributed by atoms with Crippen LogP contribution >= 0.6 is 11.3 Å². The van der Waals surface area contributed by atoms with Crippen molar-refractivity contribution in [3.63, 3.8) is 0 Å². The van der Waals surface area contributed by atoms with Crippen LogP contribution in [0.15, 0.2) is 29.3 Å². The van der Waals surface area contributed by atoms with Crippen LogP contribution in [-0.4, -0.2) is 55.1 Å². The molecule has 1 amide bonds. The molecule has 6 rings (SSSR count). The van der Waals surface area contributed by atoms with Crippen LogP contribution in [0.3, 0.4) is 0 Å². The van der Waals surface area contributed by atoms with Crippen molar-refractivity contribution in [1.82, 2.24) is 20.2 Å². The second kappa shape index (κ2) is 9.02. The molecule has 2 aromatic heterocycles. The fourth-order valence-electron chi connectivity index (χ4n) is 4.86. The normalized spacial score (nSPS) is 19.1. The number of thiophene rings is 1. The number of amides is 1. The summed E-state index contributed by atoms with van der Waals surface area (Å²) in [6, 6.07) is 5.31. The zero-order chi connectivity index (χ0) is 26.8. The molecule has 1 fully saturated rings. The van der Waals surface area contributed by atoms with Crippen molar-refractivity contribution in [2.75, 3.05) is 31.2 Å². The maximum atomic E-state index is 14.0. The molecular formula is C25H24F3N5O3S2. The molecule has 0 bridgehead atoms. The molecule has 0 spiro atoms. The number of aromatic nitrogens is 2. The molecule has 3 aliphatic rings. The van der Waals surface area contributed by atoms with Crippen molar-refractivity contribution in [3.8, 4) is 10.6 Å². The first-order valence-corrected chi connectivity index (χ1v) is 14.7. The standard InChI is InChI=1S/C25H24F3N5O3S2/c1-33-6-7-38(35,36)20-10-19(37-22(20)23(33)34)21-17(25(26,27)28)12-30-24(32-21)31-18-9-15-11-29-5-4-14(15)8-16(18)13-2-3-13/h8-10,12-13,29H,2-7,11H2,1H3,(H,30,31,32). The predicted octanol–water partition coefficient (Wildman–Crippen LogP) is 4.35. The summed E-state index contributed by atoms with van der Waals surface area (Å²) in [6.45, 7) is 1.60. The molecule has 2 aliphatic heterocycles. The Hall–Kier alpha value is -3.03. The summed E-state index contributed by atoms with van der Waals surface area (Å²) in [5.74, 6) is -0.505. The first-order valence-electron chi connectivity index (χ1n) is 12.2. The molecule has 13 heteroatoms. The van der Waals surface area contributed by atoms with Gasteiger partial charge in [0.1, 0.15) is 10.4 Å². The number of nitrogens with one attached hydrogen (secondary N) is 2. The molecule has 8 nitrogen and oxygen atoms in total. The van der Waals surface area contributed by atoms with Crippen LogP contribution in [0.5, 0.6) is 0 Å². The molecular weight excluding hydrogens is 539 g/mol. The summed E-state index contributed by atoms with van der Waals surface area (Å²) in [5, 5.41) is 6.46. The van der Waals surface area contributed by atoms with Crippen LogP contribution < -0.4 is 10.6 Å². The zero-order valence-corrected chi connectivity index (χ0v) is 22.0. The molecule has 1 aliphatic carbocycles. The van der Waals surface area contributed by atoms with Gasteiger partial charge < -0.3 is 15.5 Å². The van der Waals surface area contributed by atoms with Crippen LogP contribution in [0.25, 0.3) is 10.6 Å². The average molecular weight is 564 g/mol. The number of benzene rings is 1. The van der Waals surface area contributed by atoms with Gasteiger partial charge in [-0.15, -0.1) is 11.3 Å². The van der Waals surface area contributed by atoms with E-state index >= 15 is 0 Å². The summed E-state index contributed by atoms with van der Waals surface area (Å²) < 4.78 is 67.6. The van der Waals surface area contributed by atoms with Gasteiger partial charge in [0.2, 0.25) is 5.95 Å². The Morgan fingerprint density at radius 2 is 1.97 bits per heavy atom. The second-order valence-electron chi connectivity index (χ2n) is 9.84. The molecule has 38 heavy (non-hydrogen) atoms. The van der Waals surface area contributed by atoms with Crippen LogP contribution in [0.1, 0.15) is 50.7 Å². The molecule has 4 heterocycles. The number of halogens is 3. The number of nitrogens with zero attached hydrogens (tertiary/aromatic N) is 3. The SMILES string of the molecule is CN1CCS(=O)(=O)c2cc(-c3nc(Nc4cc5c(cc4C4CC4)CCNC5)ncc3C(F)(F)F)sc2C1=O. The maximum absolute atomic E-state index is 14.0. The van der Waals surface area contributed by atoms with Crippen molar-refractivity contribution in [3.05, 3.63) is 51.5 Å². The maximum Gasteiger partial charge on any atom is 0.420 e. The Morgan fingerprint density at radius 3 is 2.71 bits per heavy atom. The minimum atomic E-state index is -4.79. The number of rotatable bonds is 4. The van der Waals surface area contributed by atoms with Crippen molar-refractivity contribution < 1.29 is 26.4 Å². The zero-order valence-electron chi connectivity index (χ0n) is 20.4. The highest BCUT2D eigenvalue weighted by Gasteiger charge is 2.38. The lowest BCUT2D eigenvalue weighted by atomic mass is 9.95. The summed E-state index contributed by atoms with van der Waals surface area (Å²) in [4.78, 5) is 21.8. The van der Waals surface area contributed by atoms with Gasteiger partial charge in [0.05, 0.1) is 21.2 Å². The van der Waals surface area contributed by atoms with E-state index in [1.807, 2.05) is 6.07 Å². The third kappa shape index (κ3) is 4.56. The summed E-state index contributed by atoms with van der Waals surface area (Å²) in [6.07, 6.45) is -1.08. The summed E-state index contributed by atoms with van der Waals surface area (Å²) in [5.41, 5.74) is 2.66. The van der Waals surface area contributed by atoms with Gasteiger partial charge in [-0.3, -0.25) is 4.79 Å².